The van der Waals surface area contributed by atoms with Crippen LogP contribution in [0.3, 0.4) is 0 Å². The molecular weight excluding hydrogens is 390 g/mol. The van der Waals surface area contributed by atoms with Crippen molar-refractivity contribution in [3.8, 4) is 11.8 Å². The molecule has 1 amide bonds. The minimum Gasteiger partial charge on any atom is -0.465 e. The van der Waals surface area contributed by atoms with Crippen LogP contribution in [0.5, 0.6) is 0 Å². The third-order valence-electron chi connectivity index (χ3n) is 4.96. The number of aryl methyl sites for hydroxylation is 1. The van der Waals surface area contributed by atoms with Gasteiger partial charge in [-0.1, -0.05) is 36.4 Å². The summed E-state index contributed by atoms with van der Waals surface area (Å²) >= 11 is 0. The molecule has 0 aliphatic rings. The summed E-state index contributed by atoms with van der Waals surface area (Å²) in [5.74, 6) is -0.838. The second-order valence-corrected chi connectivity index (χ2v) is 7.04. The summed E-state index contributed by atoms with van der Waals surface area (Å²) in [5, 5.41) is 12.3. The molecule has 0 unspecified atom stereocenters. The van der Waals surface area contributed by atoms with E-state index in [2.05, 4.69) is 5.32 Å². The highest BCUT2D eigenvalue weighted by molar-refractivity contribution is 6.01. The minimum atomic E-state index is -0.427. The Morgan fingerprint density at radius 3 is 2.52 bits per heavy atom. The number of carbonyl (C=O) groups is 2. The summed E-state index contributed by atoms with van der Waals surface area (Å²) in [5.41, 5.74) is 4.74. The van der Waals surface area contributed by atoms with Crippen LogP contribution in [0.2, 0.25) is 0 Å². The SMILES string of the molecule is COC(=O)c1cccc(-n2c(C)cc(C=C(C#N)C(=O)NCc3ccccc3)c2C)c1. The standard InChI is InChI=1S/C25H23N3O3/c1-17-12-21(13-22(15-26)24(29)27-16-19-8-5-4-6-9-19)18(2)28(17)23-11-7-10-20(14-23)25(30)31-3/h4-14H,16H2,1-3H3,(H,27,29). The number of carbonyl (C=O) groups excluding carboxylic acids is 2. The van der Waals surface area contributed by atoms with Crippen molar-refractivity contribution in [1.82, 2.24) is 9.88 Å². The molecule has 156 valence electrons. The first-order chi connectivity index (χ1) is 14.9. The molecule has 6 nitrogen and oxygen atoms in total. The number of nitrogens with one attached hydrogen (secondary N) is 1. The van der Waals surface area contributed by atoms with E-state index in [9.17, 15) is 14.9 Å². The lowest BCUT2D eigenvalue weighted by Crippen LogP contribution is -2.23. The predicted octanol–water partition coefficient (Wildman–Crippen LogP) is 4.10. The molecule has 0 saturated carbocycles. The van der Waals surface area contributed by atoms with E-state index in [1.54, 1.807) is 24.3 Å². The number of nitriles is 1. The van der Waals surface area contributed by atoms with E-state index in [0.717, 1.165) is 28.2 Å². The Bertz CT molecular complexity index is 1180. The van der Waals surface area contributed by atoms with Crippen LogP contribution in [-0.2, 0) is 16.1 Å². The maximum atomic E-state index is 12.5. The molecular formula is C25H23N3O3. The zero-order valence-corrected chi connectivity index (χ0v) is 17.7. The summed E-state index contributed by atoms with van der Waals surface area (Å²) in [7, 11) is 1.34. The number of aromatic nitrogens is 1. The Hall–Kier alpha value is -4.11. The molecule has 31 heavy (non-hydrogen) atoms. The second kappa shape index (κ2) is 9.59. The molecule has 0 radical (unpaired) electrons. The number of ether oxygens (including phenoxy) is 1. The molecule has 1 N–H and O–H groups in total. The monoisotopic (exact) mass is 413 g/mol. The van der Waals surface area contributed by atoms with Crippen LogP contribution in [-0.4, -0.2) is 23.6 Å². The lowest BCUT2D eigenvalue weighted by Gasteiger charge is -2.11. The van der Waals surface area contributed by atoms with E-state index in [1.165, 1.54) is 7.11 Å². The van der Waals surface area contributed by atoms with Crippen molar-refractivity contribution in [1.29, 1.82) is 5.26 Å². The van der Waals surface area contributed by atoms with Crippen LogP contribution >= 0.6 is 0 Å². The zero-order chi connectivity index (χ0) is 22.4. The van der Waals surface area contributed by atoms with Crippen LogP contribution < -0.4 is 5.32 Å². The van der Waals surface area contributed by atoms with Crippen molar-refractivity contribution in [3.63, 3.8) is 0 Å². The van der Waals surface area contributed by atoms with Crippen LogP contribution in [0.25, 0.3) is 11.8 Å². The topological polar surface area (TPSA) is 84.1 Å². The highest BCUT2D eigenvalue weighted by Crippen LogP contribution is 2.23. The fraction of sp³-hybridized carbons (Fsp3) is 0.160. The number of benzene rings is 2. The van der Waals surface area contributed by atoms with Gasteiger partial charge in [-0.3, -0.25) is 4.79 Å². The van der Waals surface area contributed by atoms with E-state index >= 15 is 0 Å². The lowest BCUT2D eigenvalue weighted by atomic mass is 10.1. The molecule has 0 spiro atoms. The van der Waals surface area contributed by atoms with Crippen molar-refractivity contribution in [2.75, 3.05) is 7.11 Å². The summed E-state index contributed by atoms with van der Waals surface area (Å²) in [4.78, 5) is 24.4. The van der Waals surface area contributed by atoms with E-state index in [1.807, 2.05) is 66.9 Å². The van der Waals surface area contributed by atoms with Gasteiger partial charge in [0.2, 0.25) is 0 Å². The summed E-state index contributed by atoms with van der Waals surface area (Å²) in [6, 6.07) is 20.5. The number of rotatable bonds is 6. The number of hydrogen-bond donors (Lipinski definition) is 1. The molecule has 0 saturated heterocycles. The van der Waals surface area contributed by atoms with Crippen molar-refractivity contribution in [3.05, 3.63) is 94.3 Å². The molecule has 1 heterocycles. The van der Waals surface area contributed by atoms with Gasteiger partial charge in [0.1, 0.15) is 11.6 Å². The molecule has 0 aliphatic carbocycles. The first-order valence-electron chi connectivity index (χ1n) is 9.76. The first-order valence-corrected chi connectivity index (χ1v) is 9.76. The average Bonchev–Trinajstić information content (AvgIpc) is 3.08. The Morgan fingerprint density at radius 2 is 1.84 bits per heavy atom. The smallest absolute Gasteiger partial charge is 0.337 e. The van der Waals surface area contributed by atoms with Crippen LogP contribution in [0.1, 0.15) is 32.9 Å². The fourth-order valence-corrected chi connectivity index (χ4v) is 3.40. The predicted molar refractivity (Wildman–Crippen MR) is 118 cm³/mol. The van der Waals surface area contributed by atoms with Gasteiger partial charge in [0, 0.05) is 23.6 Å². The molecule has 0 atom stereocenters. The number of nitrogens with zero attached hydrogens (tertiary/aromatic N) is 2. The van der Waals surface area contributed by atoms with Gasteiger partial charge >= 0.3 is 5.97 Å². The van der Waals surface area contributed by atoms with Crippen molar-refractivity contribution >= 4 is 18.0 Å². The van der Waals surface area contributed by atoms with Gasteiger partial charge in [-0.15, -0.1) is 0 Å². The first kappa shape index (κ1) is 21.6. The van der Waals surface area contributed by atoms with Gasteiger partial charge in [0.05, 0.1) is 12.7 Å². The second-order valence-electron chi connectivity index (χ2n) is 7.04. The van der Waals surface area contributed by atoms with Gasteiger partial charge in [-0.25, -0.2) is 4.79 Å². The maximum absolute atomic E-state index is 12.5. The van der Waals surface area contributed by atoms with Crippen molar-refractivity contribution < 1.29 is 14.3 Å². The Balaban J connectivity index is 1.88. The van der Waals surface area contributed by atoms with E-state index in [-0.39, 0.29) is 5.57 Å². The number of amides is 1. The number of methoxy groups -OCH3 is 1. The van der Waals surface area contributed by atoms with Gasteiger partial charge in [-0.05, 0) is 55.3 Å². The minimum absolute atomic E-state index is 0.0273. The Morgan fingerprint density at radius 1 is 1.10 bits per heavy atom. The van der Waals surface area contributed by atoms with E-state index in [4.69, 9.17) is 4.74 Å². The van der Waals surface area contributed by atoms with Gasteiger partial charge < -0.3 is 14.6 Å². The average molecular weight is 413 g/mol. The molecule has 6 heteroatoms. The van der Waals surface area contributed by atoms with Crippen LogP contribution in [0, 0.1) is 25.2 Å². The highest BCUT2D eigenvalue weighted by Gasteiger charge is 2.15. The molecule has 3 rings (SSSR count). The summed E-state index contributed by atoms with van der Waals surface area (Å²) in [6.45, 7) is 4.18. The maximum Gasteiger partial charge on any atom is 0.337 e. The Labute approximate surface area is 181 Å². The van der Waals surface area contributed by atoms with Crippen LogP contribution in [0.4, 0.5) is 0 Å². The van der Waals surface area contributed by atoms with Gasteiger partial charge in [0.15, 0.2) is 0 Å². The van der Waals surface area contributed by atoms with Crippen LogP contribution in [0.15, 0.2) is 66.2 Å². The van der Waals surface area contributed by atoms with E-state index in [0.29, 0.717) is 12.1 Å². The highest BCUT2D eigenvalue weighted by atomic mass is 16.5. The van der Waals surface area contributed by atoms with Crippen molar-refractivity contribution in [2.45, 2.75) is 20.4 Å². The lowest BCUT2D eigenvalue weighted by molar-refractivity contribution is -0.117. The van der Waals surface area contributed by atoms with Gasteiger partial charge in [-0.2, -0.15) is 5.26 Å². The summed E-state index contributed by atoms with van der Waals surface area (Å²) < 4.78 is 6.77. The zero-order valence-electron chi connectivity index (χ0n) is 17.7. The fourth-order valence-electron chi connectivity index (χ4n) is 3.40. The van der Waals surface area contributed by atoms with Crippen molar-refractivity contribution in [2.24, 2.45) is 0 Å². The molecule has 0 fully saturated rings. The van der Waals surface area contributed by atoms with Gasteiger partial charge in [0.25, 0.3) is 5.91 Å². The number of hydrogen-bond acceptors (Lipinski definition) is 4. The third-order valence-corrected chi connectivity index (χ3v) is 4.96. The molecule has 0 aliphatic heterocycles. The number of esters is 1. The molecule has 3 aromatic rings. The molecule has 1 aromatic heterocycles. The molecule has 2 aromatic carbocycles. The van der Waals surface area contributed by atoms with E-state index < -0.39 is 11.9 Å². The largest absolute Gasteiger partial charge is 0.465 e. The quantitative estimate of drug-likeness (QED) is 0.375. The third kappa shape index (κ3) is 4.90. The Kier molecular flexibility index (Phi) is 6.68. The summed E-state index contributed by atoms with van der Waals surface area (Å²) in [6.07, 6.45) is 1.59. The molecule has 0 bridgehead atoms. The normalized spacial score (nSPS) is 11.0.